The second kappa shape index (κ2) is 12.5. The Bertz CT molecular complexity index is 1150. The van der Waals surface area contributed by atoms with Crippen LogP contribution >= 0.6 is 11.6 Å². The fourth-order valence-electron chi connectivity index (χ4n) is 4.41. The fraction of sp³-hybridized carbons (Fsp3) is 0.462. The number of hydrogen-bond donors (Lipinski definition) is 1. The Morgan fingerprint density at radius 3 is 2.42 bits per heavy atom. The maximum Gasteiger partial charge on any atom is 0.244 e. The van der Waals surface area contributed by atoms with Gasteiger partial charge in [0.2, 0.25) is 21.8 Å². The number of rotatable bonds is 11. The molecule has 1 N–H and O–H groups in total. The molecule has 1 atom stereocenters. The second-order valence-electron chi connectivity index (χ2n) is 9.07. The van der Waals surface area contributed by atoms with Crippen LogP contribution in [0.1, 0.15) is 38.2 Å². The minimum absolute atomic E-state index is 0.106. The van der Waals surface area contributed by atoms with Crippen molar-refractivity contribution < 1.29 is 22.7 Å². The van der Waals surface area contributed by atoms with Gasteiger partial charge >= 0.3 is 0 Å². The highest BCUT2D eigenvalue weighted by molar-refractivity contribution is 7.92. The number of methoxy groups -OCH3 is 1. The smallest absolute Gasteiger partial charge is 0.244 e. The zero-order valence-corrected chi connectivity index (χ0v) is 22.5. The van der Waals surface area contributed by atoms with Crippen LogP contribution in [0.15, 0.2) is 48.5 Å². The quantitative estimate of drug-likeness (QED) is 0.474. The van der Waals surface area contributed by atoms with Gasteiger partial charge in [0.1, 0.15) is 18.3 Å². The number of amides is 2. The largest absolute Gasteiger partial charge is 0.495 e. The SMILES string of the molecule is COc1ccc(Cl)cc1N(CC(=O)N(CCc1ccccc1)[C@H](C)C(=O)NC1CCCC1)S(C)(=O)=O. The summed E-state index contributed by atoms with van der Waals surface area (Å²) >= 11 is 6.13. The molecule has 8 nitrogen and oxygen atoms in total. The third-order valence-electron chi connectivity index (χ3n) is 6.44. The van der Waals surface area contributed by atoms with Crippen LogP contribution in [0.5, 0.6) is 5.75 Å². The zero-order chi connectivity index (χ0) is 26.3. The molecule has 2 aromatic rings. The Hall–Kier alpha value is -2.78. The number of benzene rings is 2. The van der Waals surface area contributed by atoms with Crippen molar-refractivity contribution in [2.24, 2.45) is 0 Å². The van der Waals surface area contributed by atoms with Crippen molar-refractivity contribution in [2.45, 2.75) is 51.1 Å². The molecule has 0 unspecified atom stereocenters. The monoisotopic (exact) mass is 535 g/mol. The summed E-state index contributed by atoms with van der Waals surface area (Å²) in [6.45, 7) is 1.44. The van der Waals surface area contributed by atoms with Gasteiger partial charge < -0.3 is 15.0 Å². The summed E-state index contributed by atoms with van der Waals surface area (Å²) in [6, 6.07) is 13.5. The van der Waals surface area contributed by atoms with Gasteiger partial charge in [-0.2, -0.15) is 0 Å². The van der Waals surface area contributed by atoms with Gasteiger partial charge in [0.05, 0.1) is 19.1 Å². The van der Waals surface area contributed by atoms with E-state index in [0.29, 0.717) is 11.4 Å². The van der Waals surface area contributed by atoms with Gasteiger partial charge in [-0.1, -0.05) is 54.8 Å². The first-order chi connectivity index (χ1) is 17.1. The highest BCUT2D eigenvalue weighted by Crippen LogP contribution is 2.33. The minimum atomic E-state index is -3.88. The van der Waals surface area contributed by atoms with Crippen LogP contribution in [-0.4, -0.2) is 63.7 Å². The lowest BCUT2D eigenvalue weighted by atomic mass is 10.1. The Kier molecular flexibility index (Phi) is 9.62. The molecule has 0 spiro atoms. The topological polar surface area (TPSA) is 96.0 Å². The van der Waals surface area contributed by atoms with Gasteiger partial charge in [0.15, 0.2) is 0 Å². The molecule has 1 saturated carbocycles. The van der Waals surface area contributed by atoms with Crippen molar-refractivity contribution in [3.63, 3.8) is 0 Å². The van der Waals surface area contributed by atoms with Gasteiger partial charge in [0.25, 0.3) is 0 Å². The van der Waals surface area contributed by atoms with E-state index in [-0.39, 0.29) is 29.9 Å². The number of hydrogen-bond acceptors (Lipinski definition) is 5. The number of halogens is 1. The Labute approximate surface area is 218 Å². The lowest BCUT2D eigenvalue weighted by Crippen LogP contribution is -2.53. The highest BCUT2D eigenvalue weighted by atomic mass is 35.5. The van der Waals surface area contributed by atoms with Gasteiger partial charge in [-0.3, -0.25) is 13.9 Å². The first-order valence-corrected chi connectivity index (χ1v) is 14.3. The van der Waals surface area contributed by atoms with E-state index in [9.17, 15) is 18.0 Å². The molecule has 0 heterocycles. The van der Waals surface area contributed by atoms with Crippen LogP contribution in [0.3, 0.4) is 0 Å². The Balaban J connectivity index is 1.87. The van der Waals surface area contributed by atoms with E-state index in [0.717, 1.165) is 41.8 Å². The van der Waals surface area contributed by atoms with Crippen molar-refractivity contribution in [1.29, 1.82) is 0 Å². The Morgan fingerprint density at radius 1 is 1.14 bits per heavy atom. The molecule has 3 rings (SSSR count). The van der Waals surface area contributed by atoms with E-state index in [1.54, 1.807) is 19.1 Å². The predicted octanol–water partition coefficient (Wildman–Crippen LogP) is 3.63. The predicted molar refractivity (Wildman–Crippen MR) is 142 cm³/mol. The van der Waals surface area contributed by atoms with Crippen LogP contribution in [-0.2, 0) is 26.0 Å². The summed E-state index contributed by atoms with van der Waals surface area (Å²) in [7, 11) is -2.47. The van der Waals surface area contributed by atoms with Crippen LogP contribution in [0.4, 0.5) is 5.69 Å². The van der Waals surface area contributed by atoms with E-state index in [4.69, 9.17) is 16.3 Å². The number of anilines is 1. The molecular weight excluding hydrogens is 502 g/mol. The number of sulfonamides is 1. The summed E-state index contributed by atoms with van der Waals surface area (Å²) < 4.78 is 31.8. The highest BCUT2D eigenvalue weighted by Gasteiger charge is 2.32. The molecule has 196 valence electrons. The zero-order valence-electron chi connectivity index (χ0n) is 20.9. The molecule has 1 aliphatic rings. The van der Waals surface area contributed by atoms with Crippen molar-refractivity contribution in [1.82, 2.24) is 10.2 Å². The fourth-order valence-corrected chi connectivity index (χ4v) is 5.43. The molecule has 1 aliphatic carbocycles. The molecule has 36 heavy (non-hydrogen) atoms. The van der Waals surface area contributed by atoms with Gasteiger partial charge in [-0.15, -0.1) is 0 Å². The number of carbonyl (C=O) groups is 2. The summed E-state index contributed by atoms with van der Waals surface area (Å²) in [4.78, 5) is 28.2. The number of nitrogens with zero attached hydrogens (tertiary/aromatic N) is 2. The number of carbonyl (C=O) groups excluding carboxylic acids is 2. The van der Waals surface area contributed by atoms with Crippen molar-refractivity contribution in [2.75, 3.05) is 30.8 Å². The van der Waals surface area contributed by atoms with E-state index in [1.165, 1.54) is 18.1 Å². The molecular formula is C26H34ClN3O5S. The number of nitrogens with one attached hydrogen (secondary N) is 1. The first kappa shape index (κ1) is 27.8. The molecule has 2 amide bonds. The normalized spacial score (nSPS) is 14.8. The molecule has 0 radical (unpaired) electrons. The van der Waals surface area contributed by atoms with Crippen LogP contribution in [0, 0.1) is 0 Å². The third-order valence-corrected chi connectivity index (χ3v) is 7.80. The van der Waals surface area contributed by atoms with Crippen LogP contribution in [0.2, 0.25) is 5.02 Å². The molecule has 10 heteroatoms. The molecule has 2 aromatic carbocycles. The van der Waals surface area contributed by atoms with Gasteiger partial charge in [0, 0.05) is 17.6 Å². The summed E-state index contributed by atoms with van der Waals surface area (Å²) in [6.07, 6.45) is 5.53. The molecule has 0 aromatic heterocycles. The first-order valence-electron chi connectivity index (χ1n) is 12.0. The second-order valence-corrected chi connectivity index (χ2v) is 11.4. The minimum Gasteiger partial charge on any atom is -0.495 e. The maximum absolute atomic E-state index is 13.6. The standard InChI is InChI=1S/C26H34ClN3O5S/c1-19(26(32)28-22-11-7-8-12-22)29(16-15-20-9-5-4-6-10-20)25(31)18-30(36(3,33)34)23-17-21(27)13-14-24(23)35-2/h4-6,9-10,13-14,17,19,22H,7-8,11-12,15-16,18H2,1-3H3,(H,28,32)/t19-/m1/s1. The lowest BCUT2D eigenvalue weighted by molar-refractivity contribution is -0.139. The molecule has 0 bridgehead atoms. The van der Waals surface area contributed by atoms with E-state index >= 15 is 0 Å². The molecule has 0 aliphatic heterocycles. The van der Waals surface area contributed by atoms with Gasteiger partial charge in [-0.05, 0) is 49.9 Å². The average Bonchev–Trinajstić information content (AvgIpc) is 3.35. The number of ether oxygens (including phenoxy) is 1. The van der Waals surface area contributed by atoms with Crippen LogP contribution < -0.4 is 14.4 Å². The third kappa shape index (κ3) is 7.36. The molecule has 1 fully saturated rings. The maximum atomic E-state index is 13.6. The summed E-state index contributed by atoms with van der Waals surface area (Å²) in [5, 5.41) is 3.35. The van der Waals surface area contributed by atoms with E-state index in [1.807, 2.05) is 30.3 Å². The van der Waals surface area contributed by atoms with Crippen molar-refractivity contribution >= 4 is 39.1 Å². The van der Waals surface area contributed by atoms with Crippen molar-refractivity contribution in [3.05, 3.63) is 59.1 Å². The van der Waals surface area contributed by atoms with E-state index < -0.39 is 28.5 Å². The van der Waals surface area contributed by atoms with Crippen molar-refractivity contribution in [3.8, 4) is 5.75 Å². The Morgan fingerprint density at radius 2 is 1.81 bits per heavy atom. The summed E-state index contributed by atoms with van der Waals surface area (Å²) in [5.41, 5.74) is 1.17. The lowest BCUT2D eigenvalue weighted by Gasteiger charge is -2.32. The average molecular weight is 536 g/mol. The summed E-state index contributed by atoms with van der Waals surface area (Å²) in [5.74, 6) is -0.470. The van der Waals surface area contributed by atoms with Gasteiger partial charge in [-0.25, -0.2) is 8.42 Å². The molecule has 0 saturated heterocycles. The van der Waals surface area contributed by atoms with Crippen LogP contribution in [0.25, 0.3) is 0 Å². The van der Waals surface area contributed by atoms with E-state index in [2.05, 4.69) is 5.32 Å².